The van der Waals surface area contributed by atoms with Crippen LogP contribution in [0.5, 0.6) is 0 Å². The van der Waals surface area contributed by atoms with Gasteiger partial charge in [-0.25, -0.2) is 0 Å². The van der Waals surface area contributed by atoms with E-state index in [0.29, 0.717) is 13.2 Å². The van der Waals surface area contributed by atoms with Crippen LogP contribution in [0.3, 0.4) is 0 Å². The monoisotopic (exact) mass is 300 g/mol. The summed E-state index contributed by atoms with van der Waals surface area (Å²) >= 11 is 0. The van der Waals surface area contributed by atoms with Gasteiger partial charge in [-0.2, -0.15) is 0 Å². The van der Waals surface area contributed by atoms with Crippen LogP contribution in [0.25, 0.3) is 0 Å². The van der Waals surface area contributed by atoms with E-state index in [2.05, 4.69) is 0 Å². The molecule has 0 spiro atoms. The zero-order valence-corrected chi connectivity index (χ0v) is 13.6. The van der Waals surface area contributed by atoms with E-state index in [1.165, 1.54) is 0 Å². The Kier molecular flexibility index (Phi) is 7.97. The van der Waals surface area contributed by atoms with E-state index in [1.807, 2.05) is 44.2 Å². The molecule has 0 heterocycles. The summed E-state index contributed by atoms with van der Waals surface area (Å²) < 4.78 is 28.0. The number of methoxy groups -OCH3 is 2. The van der Waals surface area contributed by atoms with E-state index in [1.54, 1.807) is 14.2 Å². The average Bonchev–Trinajstić information content (AvgIpc) is 2.49. The summed E-state index contributed by atoms with van der Waals surface area (Å²) in [7, 11) is 0.221. The van der Waals surface area contributed by atoms with Crippen molar-refractivity contribution in [1.29, 1.82) is 0 Å². The number of rotatable bonds is 10. The topological polar surface area (TPSA) is 46.2 Å². The highest BCUT2D eigenvalue weighted by atomic mass is 28.4. The molecule has 20 heavy (non-hydrogen) atoms. The molecule has 0 unspecified atom stereocenters. The first kappa shape index (κ1) is 17.3. The van der Waals surface area contributed by atoms with Crippen molar-refractivity contribution in [3.63, 3.8) is 0 Å². The Morgan fingerprint density at radius 1 is 0.900 bits per heavy atom. The van der Waals surface area contributed by atoms with Crippen molar-refractivity contribution < 1.29 is 22.8 Å². The van der Waals surface area contributed by atoms with Gasteiger partial charge in [0.2, 0.25) is 0 Å². The van der Waals surface area contributed by atoms with Crippen molar-refractivity contribution in [2.75, 3.05) is 34.0 Å². The van der Waals surface area contributed by atoms with Crippen molar-refractivity contribution in [3.8, 4) is 0 Å². The van der Waals surface area contributed by atoms with E-state index in [0.717, 1.165) is 5.19 Å². The standard InChI is InChI=1S/C14H24O5Si/c1-5-17-20(18-6-2,13-10-8-7-9-11-13)19-12-14(15-3)16-4/h7-11,14H,5-6,12H2,1-4H3. The molecule has 0 aromatic heterocycles. The van der Waals surface area contributed by atoms with Crippen molar-refractivity contribution in [3.05, 3.63) is 30.3 Å². The molecule has 0 fully saturated rings. The number of ether oxygens (including phenoxy) is 2. The lowest BCUT2D eigenvalue weighted by Gasteiger charge is -2.30. The smallest absolute Gasteiger partial charge is 0.370 e. The van der Waals surface area contributed by atoms with Gasteiger partial charge in [0.05, 0.1) is 6.61 Å². The molecule has 0 radical (unpaired) electrons. The molecule has 6 heteroatoms. The van der Waals surface area contributed by atoms with E-state index < -0.39 is 15.1 Å². The minimum absolute atomic E-state index is 0.258. The van der Waals surface area contributed by atoms with Crippen LogP contribution in [-0.2, 0) is 22.8 Å². The fourth-order valence-corrected chi connectivity index (χ4v) is 4.27. The maximum absolute atomic E-state index is 5.98. The minimum atomic E-state index is -2.93. The Morgan fingerprint density at radius 2 is 1.45 bits per heavy atom. The second-order valence-corrected chi connectivity index (χ2v) is 6.56. The van der Waals surface area contributed by atoms with Gasteiger partial charge >= 0.3 is 8.80 Å². The second kappa shape index (κ2) is 9.22. The predicted octanol–water partition coefficient (Wildman–Crippen LogP) is 1.54. The van der Waals surface area contributed by atoms with Crippen molar-refractivity contribution >= 4 is 14.0 Å². The Labute approximate surface area is 122 Å². The summed E-state index contributed by atoms with van der Waals surface area (Å²) in [5, 5.41) is 0.939. The van der Waals surface area contributed by atoms with Gasteiger partial charge in [-0.3, -0.25) is 0 Å². The molecule has 5 nitrogen and oxygen atoms in total. The Morgan fingerprint density at radius 3 is 1.90 bits per heavy atom. The third-order valence-corrected chi connectivity index (χ3v) is 5.66. The Hall–Kier alpha value is -0.763. The summed E-state index contributed by atoms with van der Waals surface area (Å²) in [4.78, 5) is 0. The van der Waals surface area contributed by atoms with E-state index in [-0.39, 0.29) is 6.61 Å². The molecule has 0 N–H and O–H groups in total. The molecule has 1 aromatic carbocycles. The van der Waals surface area contributed by atoms with Crippen LogP contribution < -0.4 is 5.19 Å². The fourth-order valence-electron chi connectivity index (χ4n) is 1.81. The molecule has 0 atom stereocenters. The number of hydrogen-bond donors (Lipinski definition) is 0. The first-order chi connectivity index (χ1) is 9.72. The molecule has 0 aliphatic rings. The Bertz CT molecular complexity index is 350. The van der Waals surface area contributed by atoms with Gasteiger partial charge in [0, 0.05) is 32.6 Å². The van der Waals surface area contributed by atoms with Crippen LogP contribution >= 0.6 is 0 Å². The molecular weight excluding hydrogens is 276 g/mol. The molecule has 0 saturated heterocycles. The van der Waals surface area contributed by atoms with Crippen LogP contribution in [0.1, 0.15) is 13.8 Å². The number of benzene rings is 1. The third kappa shape index (κ3) is 4.66. The first-order valence-corrected chi connectivity index (χ1v) is 8.47. The van der Waals surface area contributed by atoms with Gasteiger partial charge in [-0.1, -0.05) is 30.3 Å². The van der Waals surface area contributed by atoms with E-state index in [9.17, 15) is 0 Å². The van der Waals surface area contributed by atoms with Crippen LogP contribution in [0, 0.1) is 0 Å². The Balaban J connectivity index is 2.93. The van der Waals surface area contributed by atoms with Gasteiger partial charge in [0.15, 0.2) is 6.29 Å². The normalized spacial score (nSPS) is 12.1. The molecule has 0 saturated carbocycles. The average molecular weight is 300 g/mol. The van der Waals surface area contributed by atoms with Crippen LogP contribution in [0.4, 0.5) is 0 Å². The van der Waals surface area contributed by atoms with Crippen LogP contribution in [0.15, 0.2) is 30.3 Å². The quantitative estimate of drug-likeness (QED) is 0.484. The summed E-state index contributed by atoms with van der Waals surface area (Å²) in [6, 6.07) is 9.77. The molecule has 114 valence electrons. The number of hydrogen-bond acceptors (Lipinski definition) is 5. The highest BCUT2D eigenvalue weighted by Crippen LogP contribution is 2.12. The maximum Gasteiger partial charge on any atom is 0.537 e. The minimum Gasteiger partial charge on any atom is -0.370 e. The lowest BCUT2D eigenvalue weighted by Crippen LogP contribution is -2.57. The SMILES string of the molecule is CCO[Si](OCC)(OCC(OC)OC)c1ccccc1. The summed E-state index contributed by atoms with van der Waals surface area (Å²) in [5.41, 5.74) is 0. The molecule has 0 aliphatic carbocycles. The van der Waals surface area contributed by atoms with Gasteiger partial charge in [-0.15, -0.1) is 0 Å². The summed E-state index contributed by atoms with van der Waals surface area (Å²) in [6.45, 7) is 5.15. The van der Waals surface area contributed by atoms with Crippen molar-refractivity contribution in [1.82, 2.24) is 0 Å². The summed E-state index contributed by atoms with van der Waals surface area (Å²) in [6.07, 6.45) is -0.438. The lowest BCUT2D eigenvalue weighted by atomic mass is 10.4. The van der Waals surface area contributed by atoms with Gasteiger partial charge in [-0.05, 0) is 13.8 Å². The molecular formula is C14H24O5Si. The zero-order valence-electron chi connectivity index (χ0n) is 12.6. The molecule has 1 aromatic rings. The second-order valence-electron chi connectivity index (χ2n) is 4.00. The van der Waals surface area contributed by atoms with Crippen molar-refractivity contribution in [2.45, 2.75) is 20.1 Å². The third-order valence-electron chi connectivity index (χ3n) is 2.73. The first-order valence-electron chi connectivity index (χ1n) is 6.75. The maximum atomic E-state index is 5.98. The van der Waals surface area contributed by atoms with Crippen LogP contribution in [0.2, 0.25) is 0 Å². The highest BCUT2D eigenvalue weighted by molar-refractivity contribution is 6.75. The van der Waals surface area contributed by atoms with Crippen LogP contribution in [-0.4, -0.2) is 49.1 Å². The summed E-state index contributed by atoms with van der Waals surface area (Å²) in [5.74, 6) is 0. The molecule has 0 amide bonds. The zero-order chi connectivity index (χ0) is 14.8. The van der Waals surface area contributed by atoms with Gasteiger partial charge in [0.25, 0.3) is 0 Å². The van der Waals surface area contributed by atoms with E-state index >= 15 is 0 Å². The fraction of sp³-hybridized carbons (Fsp3) is 0.571. The molecule has 0 aliphatic heterocycles. The molecule has 0 bridgehead atoms. The van der Waals surface area contributed by atoms with Gasteiger partial charge in [0.1, 0.15) is 0 Å². The van der Waals surface area contributed by atoms with Gasteiger partial charge < -0.3 is 22.8 Å². The largest absolute Gasteiger partial charge is 0.537 e. The highest BCUT2D eigenvalue weighted by Gasteiger charge is 2.44. The predicted molar refractivity (Wildman–Crippen MR) is 78.8 cm³/mol. The molecule has 1 rings (SSSR count). The van der Waals surface area contributed by atoms with E-state index in [4.69, 9.17) is 22.8 Å². The van der Waals surface area contributed by atoms with Crippen molar-refractivity contribution in [2.24, 2.45) is 0 Å². The lowest BCUT2D eigenvalue weighted by molar-refractivity contribution is -0.131.